The second-order valence-corrected chi connectivity index (χ2v) is 3.20. The predicted molar refractivity (Wildman–Crippen MR) is 41.2 cm³/mol. The van der Waals surface area contributed by atoms with E-state index < -0.39 is 0 Å². The van der Waals surface area contributed by atoms with Gasteiger partial charge < -0.3 is 9.84 Å². The van der Waals surface area contributed by atoms with Crippen LogP contribution in [0.2, 0.25) is 0 Å². The summed E-state index contributed by atoms with van der Waals surface area (Å²) in [6.07, 6.45) is 5.15. The molecule has 11 heavy (non-hydrogen) atoms. The van der Waals surface area contributed by atoms with Gasteiger partial charge in [-0.1, -0.05) is 5.16 Å². The number of nitrogens with zero attached hydrogens (tertiary/aromatic N) is 1. The highest BCUT2D eigenvalue weighted by molar-refractivity contribution is 5.11. The Hall–Kier alpha value is -0.830. The molecule has 3 heteroatoms. The minimum atomic E-state index is 0.344. The van der Waals surface area contributed by atoms with Gasteiger partial charge in [-0.05, 0) is 19.9 Å². The van der Waals surface area contributed by atoms with Gasteiger partial charge in [0.05, 0.1) is 5.69 Å². The molecule has 0 bridgehead atoms. The van der Waals surface area contributed by atoms with E-state index in [2.05, 4.69) is 10.5 Å². The predicted octanol–water partition coefficient (Wildman–Crippen LogP) is 0.969. The summed E-state index contributed by atoms with van der Waals surface area (Å²) in [6, 6.07) is 1.93. The highest BCUT2D eigenvalue weighted by Crippen LogP contribution is 2.37. The van der Waals surface area contributed by atoms with Gasteiger partial charge in [-0.2, -0.15) is 0 Å². The molecule has 0 spiro atoms. The van der Waals surface area contributed by atoms with Gasteiger partial charge in [0.25, 0.3) is 0 Å². The minimum Gasteiger partial charge on any atom is -0.365 e. The van der Waals surface area contributed by atoms with Gasteiger partial charge in [0, 0.05) is 18.0 Å². The summed E-state index contributed by atoms with van der Waals surface area (Å²) in [5, 5.41) is 7.18. The molecule has 0 unspecified atom stereocenters. The van der Waals surface area contributed by atoms with E-state index in [1.807, 2.05) is 13.1 Å². The van der Waals surface area contributed by atoms with E-state index in [9.17, 15) is 0 Å². The number of hydrogen-bond donors (Lipinski definition) is 1. The SMILES string of the molecule is CNC1(Cc2ccon2)CC1. The summed E-state index contributed by atoms with van der Waals surface area (Å²) in [4.78, 5) is 0. The van der Waals surface area contributed by atoms with E-state index in [4.69, 9.17) is 4.52 Å². The summed E-state index contributed by atoms with van der Waals surface area (Å²) in [5.41, 5.74) is 1.40. The maximum Gasteiger partial charge on any atom is 0.124 e. The lowest BCUT2D eigenvalue weighted by Gasteiger charge is -2.10. The molecule has 0 amide bonds. The summed E-state index contributed by atoms with van der Waals surface area (Å²) >= 11 is 0. The molecule has 60 valence electrons. The molecule has 1 fully saturated rings. The highest BCUT2D eigenvalue weighted by Gasteiger charge is 2.41. The fourth-order valence-corrected chi connectivity index (χ4v) is 1.34. The van der Waals surface area contributed by atoms with Crippen LogP contribution in [0.5, 0.6) is 0 Å². The fourth-order valence-electron chi connectivity index (χ4n) is 1.34. The molecule has 3 nitrogen and oxygen atoms in total. The third-order valence-corrected chi connectivity index (χ3v) is 2.39. The van der Waals surface area contributed by atoms with E-state index in [0.29, 0.717) is 5.54 Å². The number of hydrogen-bond acceptors (Lipinski definition) is 3. The molecule has 2 rings (SSSR count). The number of aromatic nitrogens is 1. The maximum atomic E-state index is 4.75. The molecule has 1 aliphatic carbocycles. The summed E-state index contributed by atoms with van der Waals surface area (Å²) in [7, 11) is 2.01. The molecular weight excluding hydrogens is 140 g/mol. The Labute approximate surface area is 65.8 Å². The van der Waals surface area contributed by atoms with E-state index in [0.717, 1.165) is 12.1 Å². The summed E-state index contributed by atoms with van der Waals surface area (Å²) in [6.45, 7) is 0. The van der Waals surface area contributed by atoms with Crippen molar-refractivity contribution >= 4 is 0 Å². The first-order valence-electron chi connectivity index (χ1n) is 3.93. The second kappa shape index (κ2) is 2.34. The summed E-state index contributed by atoms with van der Waals surface area (Å²) in [5.74, 6) is 0. The van der Waals surface area contributed by atoms with Crippen molar-refractivity contribution in [1.82, 2.24) is 10.5 Å². The zero-order chi connectivity index (χ0) is 7.73. The van der Waals surface area contributed by atoms with E-state index >= 15 is 0 Å². The van der Waals surface area contributed by atoms with Crippen molar-refractivity contribution in [2.24, 2.45) is 0 Å². The Kier molecular flexibility index (Phi) is 1.46. The van der Waals surface area contributed by atoms with Gasteiger partial charge in [-0.25, -0.2) is 0 Å². The van der Waals surface area contributed by atoms with Crippen LogP contribution in [0.4, 0.5) is 0 Å². The highest BCUT2D eigenvalue weighted by atomic mass is 16.5. The van der Waals surface area contributed by atoms with Crippen molar-refractivity contribution in [2.75, 3.05) is 7.05 Å². The zero-order valence-corrected chi connectivity index (χ0v) is 6.63. The molecule has 0 aromatic carbocycles. The third kappa shape index (κ3) is 1.28. The molecule has 1 N–H and O–H groups in total. The Balaban J connectivity index is 2.01. The molecule has 0 radical (unpaired) electrons. The molecule has 1 aromatic rings. The lowest BCUT2D eigenvalue weighted by Crippen LogP contribution is -2.29. The first-order chi connectivity index (χ1) is 5.35. The topological polar surface area (TPSA) is 38.1 Å². The van der Waals surface area contributed by atoms with Gasteiger partial charge >= 0.3 is 0 Å². The molecule has 1 aliphatic rings. The van der Waals surface area contributed by atoms with Gasteiger partial charge in [0.1, 0.15) is 6.26 Å². The van der Waals surface area contributed by atoms with Crippen LogP contribution in [0, 0.1) is 0 Å². The summed E-state index contributed by atoms with van der Waals surface area (Å²) < 4.78 is 4.75. The molecule has 0 aliphatic heterocycles. The lowest BCUT2D eigenvalue weighted by molar-refractivity contribution is 0.404. The molecule has 1 heterocycles. The Bertz CT molecular complexity index is 226. The monoisotopic (exact) mass is 152 g/mol. The van der Waals surface area contributed by atoms with Crippen LogP contribution in [0.1, 0.15) is 18.5 Å². The largest absolute Gasteiger partial charge is 0.365 e. The number of likely N-dealkylation sites (N-methyl/N-ethyl adjacent to an activating group) is 1. The third-order valence-electron chi connectivity index (χ3n) is 2.39. The van der Waals surface area contributed by atoms with Crippen LogP contribution in [-0.2, 0) is 6.42 Å². The Morgan fingerprint density at radius 1 is 1.73 bits per heavy atom. The fraction of sp³-hybridized carbons (Fsp3) is 0.625. The van der Waals surface area contributed by atoms with Crippen LogP contribution in [-0.4, -0.2) is 17.7 Å². The van der Waals surface area contributed by atoms with E-state index in [-0.39, 0.29) is 0 Å². The first kappa shape index (κ1) is 6.85. The van der Waals surface area contributed by atoms with Gasteiger partial charge in [-0.15, -0.1) is 0 Å². The average molecular weight is 152 g/mol. The van der Waals surface area contributed by atoms with Crippen molar-refractivity contribution in [3.63, 3.8) is 0 Å². The quantitative estimate of drug-likeness (QED) is 0.701. The Morgan fingerprint density at radius 2 is 2.55 bits per heavy atom. The Morgan fingerprint density at radius 3 is 3.00 bits per heavy atom. The lowest BCUT2D eigenvalue weighted by atomic mass is 10.1. The maximum absolute atomic E-state index is 4.75. The smallest absolute Gasteiger partial charge is 0.124 e. The van der Waals surface area contributed by atoms with Gasteiger partial charge in [0.15, 0.2) is 0 Å². The van der Waals surface area contributed by atoms with Crippen molar-refractivity contribution in [2.45, 2.75) is 24.8 Å². The molecule has 0 saturated heterocycles. The van der Waals surface area contributed by atoms with E-state index in [1.54, 1.807) is 6.26 Å². The van der Waals surface area contributed by atoms with Crippen LogP contribution in [0.15, 0.2) is 16.9 Å². The normalized spacial score (nSPS) is 20.1. The van der Waals surface area contributed by atoms with Crippen LogP contribution in [0.3, 0.4) is 0 Å². The van der Waals surface area contributed by atoms with Crippen molar-refractivity contribution in [3.05, 3.63) is 18.0 Å². The van der Waals surface area contributed by atoms with Crippen LogP contribution < -0.4 is 5.32 Å². The molecular formula is C8H12N2O. The van der Waals surface area contributed by atoms with Crippen LogP contribution >= 0.6 is 0 Å². The standard InChI is InChI=1S/C8H12N2O/c1-9-8(3-4-8)6-7-2-5-11-10-7/h2,5,9H,3-4,6H2,1H3. The molecule has 1 saturated carbocycles. The second-order valence-electron chi connectivity index (χ2n) is 3.20. The van der Waals surface area contributed by atoms with Gasteiger partial charge in [-0.3, -0.25) is 0 Å². The van der Waals surface area contributed by atoms with Crippen molar-refractivity contribution in [1.29, 1.82) is 0 Å². The molecule has 0 atom stereocenters. The minimum absolute atomic E-state index is 0.344. The van der Waals surface area contributed by atoms with Crippen LogP contribution in [0.25, 0.3) is 0 Å². The molecule has 1 aromatic heterocycles. The number of nitrogens with one attached hydrogen (secondary N) is 1. The van der Waals surface area contributed by atoms with Crippen molar-refractivity contribution in [3.8, 4) is 0 Å². The first-order valence-corrected chi connectivity index (χ1v) is 3.93. The average Bonchev–Trinajstić information content (AvgIpc) is 2.59. The number of rotatable bonds is 3. The van der Waals surface area contributed by atoms with Gasteiger partial charge in [0.2, 0.25) is 0 Å². The van der Waals surface area contributed by atoms with E-state index in [1.165, 1.54) is 12.8 Å². The van der Waals surface area contributed by atoms with Crippen molar-refractivity contribution < 1.29 is 4.52 Å². The zero-order valence-electron chi connectivity index (χ0n) is 6.63.